The van der Waals surface area contributed by atoms with Gasteiger partial charge in [0.2, 0.25) is 11.8 Å². The van der Waals surface area contributed by atoms with Crippen molar-refractivity contribution >= 4 is 11.8 Å². The lowest BCUT2D eigenvalue weighted by molar-refractivity contribution is -0.386. The molecule has 5 rings (SSSR count). The predicted molar refractivity (Wildman–Crippen MR) is 368 cm³/mol. The zero-order valence-corrected chi connectivity index (χ0v) is 60.7. The van der Waals surface area contributed by atoms with Gasteiger partial charge in [-0.3, -0.25) is 9.59 Å². The van der Waals surface area contributed by atoms with Crippen molar-refractivity contribution in [3.05, 3.63) is 12.2 Å². The van der Waals surface area contributed by atoms with Crippen LogP contribution in [0.25, 0.3) is 0 Å². The van der Waals surface area contributed by atoms with Gasteiger partial charge in [-0.05, 0) is 19.3 Å². The van der Waals surface area contributed by atoms with Gasteiger partial charge in [-0.15, -0.1) is 0 Å². The van der Waals surface area contributed by atoms with Crippen molar-refractivity contribution in [1.29, 1.82) is 0 Å². The molecule has 0 aromatic heterocycles. The number of hydrogen-bond acceptors (Lipinski definition) is 28. The lowest BCUT2D eigenvalue weighted by Gasteiger charge is -2.50. The number of carbonyl (C=O) groups excluding carboxylic acids is 2. The van der Waals surface area contributed by atoms with Crippen molar-refractivity contribution in [2.24, 2.45) is 0 Å². The molecule has 10 unspecified atom stereocenters. The number of ether oxygens (including phenoxy) is 10. The monoisotopic (exact) mass is 1470 g/mol. The van der Waals surface area contributed by atoms with E-state index in [1.54, 1.807) is 6.08 Å². The van der Waals surface area contributed by atoms with Crippen LogP contribution in [0.15, 0.2) is 12.2 Å². The molecule has 5 saturated heterocycles. The number of allylic oxidation sites excluding steroid dienone is 1. The van der Waals surface area contributed by atoms with E-state index >= 15 is 0 Å². The molecule has 27 atom stereocenters. The fourth-order valence-electron chi connectivity index (χ4n) is 13.9. The van der Waals surface area contributed by atoms with E-state index in [4.69, 9.17) is 47.4 Å². The standard InChI is InChI=1S/C72H132N2O28/c1-4-6-8-10-12-14-16-18-19-20-21-22-23-25-27-29-31-33-35-37-52(82)74-45(46(81)36-34-32-30-28-26-24-17-15-13-11-9-7-5-2)43-93-69-61(90)59(88)64(51(42-79)98-69)99-71-62(91)66(56(85)49(40-77)96-71)101-68-53(73-44(3)80)65(55(84)48(39-76)94-68)100-72-63(92)67(57(86)50(41-78)97-72)102-70-60(89)58(87)54(83)47(38-75)95-70/h34,36,45-51,53-72,75-79,81,83-92H,4-33,35,37-43H2,1-3H3,(H,73,80)(H,74,82)/b36-34+/t45-,46+,47?,48?,49?,50?,51?,53?,54-,55+,56-,57-,58-,59+,60?,61?,62?,63?,64+,65+,66-,67-,68-,69+,70+,71-,72-/m0/s1. The SMILES string of the molecule is CCCCCCCCCCCCC/C=C/[C@@H](O)[C@H](CO[C@@H]1OC(CO)[C@@H](O[C@@H]2OC(CO)[C@H](O)[C@H](O[C@@H]3OC(CO)[C@@H](O)[C@H](O[C@@H]4OC(CO)[C@H](O)[C@H](O[C@H]5OC(CO)[C@H](O)[C@H](O)C5O)C4O)C3NC(C)=O)C2O)[C@H](O)C1O)NC(=O)CCCCCCCCCCCCCCCCCCCCC. The van der Waals surface area contributed by atoms with E-state index in [0.29, 0.717) is 12.8 Å². The first-order valence-corrected chi connectivity index (χ1v) is 38.5. The van der Waals surface area contributed by atoms with E-state index in [1.165, 1.54) is 135 Å². The van der Waals surface area contributed by atoms with Crippen LogP contribution in [-0.2, 0) is 57.0 Å². The van der Waals surface area contributed by atoms with Gasteiger partial charge in [0.1, 0.15) is 122 Å². The summed E-state index contributed by atoms with van der Waals surface area (Å²) in [7, 11) is 0. The minimum absolute atomic E-state index is 0.190. The van der Waals surface area contributed by atoms with E-state index in [9.17, 15) is 91.3 Å². The van der Waals surface area contributed by atoms with E-state index in [-0.39, 0.29) is 12.3 Å². The molecule has 0 aromatic rings. The van der Waals surface area contributed by atoms with E-state index < -0.39 is 211 Å². The third kappa shape index (κ3) is 29.2. The van der Waals surface area contributed by atoms with Crippen molar-refractivity contribution in [1.82, 2.24) is 10.6 Å². The van der Waals surface area contributed by atoms with Crippen LogP contribution in [0.3, 0.4) is 0 Å². The Morgan fingerprint density at radius 1 is 0.382 bits per heavy atom. The number of aliphatic hydroxyl groups is 16. The Balaban J connectivity index is 1.20. The molecular formula is C72H132N2O28. The summed E-state index contributed by atoms with van der Waals surface area (Å²) in [6.45, 7) is 0.304. The summed E-state index contributed by atoms with van der Waals surface area (Å²) in [5, 5.41) is 181. The molecule has 0 saturated carbocycles. The third-order valence-corrected chi connectivity index (χ3v) is 20.2. The first-order valence-electron chi connectivity index (χ1n) is 38.5. The summed E-state index contributed by atoms with van der Waals surface area (Å²) < 4.78 is 58.6. The Labute approximate surface area is 602 Å². The van der Waals surface area contributed by atoms with Gasteiger partial charge in [0.05, 0.1) is 51.8 Å². The van der Waals surface area contributed by atoms with Crippen LogP contribution in [0, 0.1) is 0 Å². The van der Waals surface area contributed by atoms with Gasteiger partial charge in [-0.2, -0.15) is 0 Å². The molecule has 0 radical (unpaired) electrons. The Hall–Kier alpha value is -2.36. The number of rotatable bonds is 52. The number of aliphatic hydroxyl groups excluding tert-OH is 16. The average Bonchev–Trinajstić information content (AvgIpc) is 0.772. The van der Waals surface area contributed by atoms with Gasteiger partial charge >= 0.3 is 0 Å². The molecular weight excluding hydrogens is 1340 g/mol. The Morgan fingerprint density at radius 2 is 0.725 bits per heavy atom. The fourth-order valence-corrected chi connectivity index (χ4v) is 13.9. The molecule has 0 aromatic carbocycles. The number of amides is 2. The molecule has 0 spiro atoms. The molecule has 102 heavy (non-hydrogen) atoms. The number of carbonyl (C=O) groups is 2. The number of unbranched alkanes of at least 4 members (excludes halogenated alkanes) is 29. The topological polar surface area (TPSA) is 474 Å². The normalized spacial score (nSPS) is 35.2. The molecule has 5 fully saturated rings. The van der Waals surface area contributed by atoms with E-state index in [2.05, 4.69) is 24.5 Å². The highest BCUT2D eigenvalue weighted by molar-refractivity contribution is 5.76. The molecule has 5 heterocycles. The van der Waals surface area contributed by atoms with Gasteiger partial charge in [-0.25, -0.2) is 0 Å². The van der Waals surface area contributed by atoms with Crippen LogP contribution < -0.4 is 10.6 Å². The zero-order chi connectivity index (χ0) is 74.5. The first kappa shape index (κ1) is 90.3. The van der Waals surface area contributed by atoms with Gasteiger partial charge in [0.25, 0.3) is 0 Å². The van der Waals surface area contributed by atoms with E-state index in [0.717, 1.165) is 58.3 Å². The Morgan fingerprint density at radius 3 is 1.16 bits per heavy atom. The highest BCUT2D eigenvalue weighted by Gasteiger charge is 2.57. The van der Waals surface area contributed by atoms with Crippen LogP contribution in [0.5, 0.6) is 0 Å². The molecule has 30 nitrogen and oxygen atoms in total. The Bertz CT molecular complexity index is 2220. The smallest absolute Gasteiger partial charge is 0.220 e. The second-order valence-corrected chi connectivity index (χ2v) is 28.5. The maximum Gasteiger partial charge on any atom is 0.220 e. The lowest BCUT2D eigenvalue weighted by atomic mass is 9.94. The summed E-state index contributed by atoms with van der Waals surface area (Å²) >= 11 is 0. The molecule has 2 amide bonds. The summed E-state index contributed by atoms with van der Waals surface area (Å²) in [6.07, 6.45) is -6.35. The van der Waals surface area contributed by atoms with Gasteiger partial charge in [0, 0.05) is 13.3 Å². The summed E-state index contributed by atoms with van der Waals surface area (Å²) in [6, 6.07) is -2.83. The molecule has 0 bridgehead atoms. The molecule has 5 aliphatic rings. The largest absolute Gasteiger partial charge is 0.394 e. The van der Waals surface area contributed by atoms with E-state index in [1.807, 2.05) is 6.08 Å². The highest BCUT2D eigenvalue weighted by atomic mass is 16.8. The van der Waals surface area contributed by atoms with Crippen LogP contribution in [0.4, 0.5) is 0 Å². The molecule has 18 N–H and O–H groups in total. The van der Waals surface area contributed by atoms with Crippen molar-refractivity contribution < 1.29 is 139 Å². The Kier molecular flexibility index (Phi) is 44.6. The minimum Gasteiger partial charge on any atom is -0.394 e. The number of nitrogens with one attached hydrogen (secondary N) is 2. The van der Waals surface area contributed by atoms with Gasteiger partial charge in [-0.1, -0.05) is 206 Å². The van der Waals surface area contributed by atoms with Gasteiger partial charge < -0.3 is 140 Å². The fraction of sp³-hybridized carbons (Fsp3) is 0.944. The molecule has 598 valence electrons. The predicted octanol–water partition coefficient (Wildman–Crippen LogP) is 1.17. The average molecular weight is 1470 g/mol. The lowest BCUT2D eigenvalue weighted by Crippen LogP contribution is -2.70. The maximum absolute atomic E-state index is 13.5. The van der Waals surface area contributed by atoms with Crippen LogP contribution >= 0.6 is 0 Å². The summed E-state index contributed by atoms with van der Waals surface area (Å²) in [5.74, 6) is -1.17. The van der Waals surface area contributed by atoms with Crippen LogP contribution in [-0.4, -0.2) is 299 Å². The van der Waals surface area contributed by atoms with Crippen molar-refractivity contribution in [2.45, 2.75) is 392 Å². The van der Waals surface area contributed by atoms with Crippen molar-refractivity contribution in [2.75, 3.05) is 39.6 Å². The van der Waals surface area contributed by atoms with Crippen LogP contribution in [0.2, 0.25) is 0 Å². The second kappa shape index (κ2) is 50.4. The number of hydrogen-bond donors (Lipinski definition) is 18. The maximum atomic E-state index is 13.5. The van der Waals surface area contributed by atoms with Crippen LogP contribution in [0.1, 0.15) is 226 Å². The van der Waals surface area contributed by atoms with Crippen molar-refractivity contribution in [3.63, 3.8) is 0 Å². The summed E-state index contributed by atoms with van der Waals surface area (Å²) in [4.78, 5) is 26.5. The molecule has 30 heteroatoms. The van der Waals surface area contributed by atoms with Crippen molar-refractivity contribution in [3.8, 4) is 0 Å². The highest BCUT2D eigenvalue weighted by Crippen LogP contribution is 2.37. The summed E-state index contributed by atoms with van der Waals surface area (Å²) in [5.41, 5.74) is 0. The minimum atomic E-state index is -2.18. The quantitative estimate of drug-likeness (QED) is 0.0300. The van der Waals surface area contributed by atoms with Gasteiger partial charge in [0.15, 0.2) is 31.5 Å². The molecule has 5 aliphatic heterocycles. The first-order chi connectivity index (χ1) is 49.2. The third-order valence-electron chi connectivity index (χ3n) is 20.2. The zero-order valence-electron chi connectivity index (χ0n) is 60.7. The second-order valence-electron chi connectivity index (χ2n) is 28.5. The molecule has 0 aliphatic carbocycles.